The van der Waals surface area contributed by atoms with Crippen LogP contribution in [0, 0.1) is 18.6 Å². The number of aromatic amines is 1. The minimum atomic E-state index is -0.0533. The number of nitrogens with zero attached hydrogens (tertiary/aromatic N) is 1. The summed E-state index contributed by atoms with van der Waals surface area (Å²) in [5, 5.41) is 1.89. The SMILES string of the molecule is Cc1cccc(-n2c(=S)[nH]c3ccsc3c2=O)c1C. The summed E-state index contributed by atoms with van der Waals surface area (Å²) < 4.78 is 2.72. The fourth-order valence-corrected chi connectivity index (χ4v) is 3.20. The number of thiophene rings is 1. The lowest BCUT2D eigenvalue weighted by Gasteiger charge is -2.11. The van der Waals surface area contributed by atoms with E-state index in [0.29, 0.717) is 9.47 Å². The third kappa shape index (κ3) is 1.86. The van der Waals surface area contributed by atoms with E-state index in [0.717, 1.165) is 22.3 Å². The van der Waals surface area contributed by atoms with Gasteiger partial charge in [0.05, 0.1) is 11.2 Å². The normalized spacial score (nSPS) is 11.1. The molecule has 0 aliphatic heterocycles. The monoisotopic (exact) mass is 288 g/mol. The zero-order valence-corrected chi connectivity index (χ0v) is 12.2. The third-order valence-corrected chi connectivity index (χ3v) is 4.51. The van der Waals surface area contributed by atoms with E-state index in [1.165, 1.54) is 11.3 Å². The Labute approximate surface area is 119 Å². The number of rotatable bonds is 1. The van der Waals surface area contributed by atoms with Gasteiger partial charge in [0.25, 0.3) is 5.56 Å². The maximum atomic E-state index is 12.6. The highest BCUT2D eigenvalue weighted by Gasteiger charge is 2.11. The molecular weight excluding hydrogens is 276 g/mol. The summed E-state index contributed by atoms with van der Waals surface area (Å²) in [4.78, 5) is 15.7. The number of benzene rings is 1. The van der Waals surface area contributed by atoms with Gasteiger partial charge in [0.2, 0.25) is 0 Å². The molecule has 2 aromatic heterocycles. The van der Waals surface area contributed by atoms with Crippen LogP contribution in [0.25, 0.3) is 15.9 Å². The molecule has 0 bridgehead atoms. The largest absolute Gasteiger partial charge is 0.331 e. The van der Waals surface area contributed by atoms with Crippen molar-refractivity contribution in [3.8, 4) is 5.69 Å². The second-order valence-corrected chi connectivity index (χ2v) is 5.76. The van der Waals surface area contributed by atoms with Crippen molar-refractivity contribution in [1.82, 2.24) is 9.55 Å². The molecule has 5 heteroatoms. The van der Waals surface area contributed by atoms with Crippen molar-refractivity contribution < 1.29 is 0 Å². The van der Waals surface area contributed by atoms with Crippen LogP contribution in [-0.2, 0) is 0 Å². The van der Waals surface area contributed by atoms with Crippen molar-refractivity contribution in [3.63, 3.8) is 0 Å². The average molecular weight is 288 g/mol. The lowest BCUT2D eigenvalue weighted by Crippen LogP contribution is -2.20. The molecule has 96 valence electrons. The van der Waals surface area contributed by atoms with Crippen LogP contribution in [0.2, 0.25) is 0 Å². The van der Waals surface area contributed by atoms with E-state index in [-0.39, 0.29) is 5.56 Å². The van der Waals surface area contributed by atoms with Gasteiger partial charge in [0.1, 0.15) is 4.70 Å². The van der Waals surface area contributed by atoms with Gasteiger partial charge in [0.15, 0.2) is 4.77 Å². The molecule has 0 saturated heterocycles. The summed E-state index contributed by atoms with van der Waals surface area (Å²) in [7, 11) is 0. The molecule has 0 aliphatic rings. The number of aryl methyl sites for hydroxylation is 1. The smallest absolute Gasteiger partial charge is 0.276 e. The van der Waals surface area contributed by atoms with E-state index in [1.54, 1.807) is 4.57 Å². The number of fused-ring (bicyclic) bond motifs is 1. The van der Waals surface area contributed by atoms with Crippen LogP contribution >= 0.6 is 23.6 Å². The van der Waals surface area contributed by atoms with Gasteiger partial charge in [0, 0.05) is 0 Å². The van der Waals surface area contributed by atoms with E-state index in [1.807, 2.05) is 43.5 Å². The van der Waals surface area contributed by atoms with Crippen molar-refractivity contribution >= 4 is 33.8 Å². The first-order chi connectivity index (χ1) is 9.09. The Morgan fingerprint density at radius 3 is 2.84 bits per heavy atom. The van der Waals surface area contributed by atoms with Crippen LogP contribution in [-0.4, -0.2) is 9.55 Å². The number of hydrogen-bond donors (Lipinski definition) is 1. The third-order valence-electron chi connectivity index (χ3n) is 3.32. The van der Waals surface area contributed by atoms with Gasteiger partial charge in [-0.25, -0.2) is 0 Å². The highest BCUT2D eigenvalue weighted by atomic mass is 32.1. The zero-order valence-electron chi connectivity index (χ0n) is 10.6. The Morgan fingerprint density at radius 2 is 2.05 bits per heavy atom. The van der Waals surface area contributed by atoms with Gasteiger partial charge in [-0.05, 0) is 54.7 Å². The van der Waals surface area contributed by atoms with Crippen LogP contribution in [0.4, 0.5) is 0 Å². The first-order valence-corrected chi connectivity index (χ1v) is 7.17. The summed E-state index contributed by atoms with van der Waals surface area (Å²) in [6.45, 7) is 4.03. The van der Waals surface area contributed by atoms with Gasteiger partial charge in [-0.15, -0.1) is 11.3 Å². The summed E-state index contributed by atoms with van der Waals surface area (Å²) >= 11 is 6.76. The molecule has 0 fully saturated rings. The predicted octanol–water partition coefficient (Wildman–Crippen LogP) is 3.73. The molecule has 3 nitrogen and oxygen atoms in total. The minimum Gasteiger partial charge on any atom is -0.331 e. The topological polar surface area (TPSA) is 37.8 Å². The Hall–Kier alpha value is -1.72. The lowest BCUT2D eigenvalue weighted by atomic mass is 10.1. The molecule has 3 rings (SSSR count). The number of hydrogen-bond acceptors (Lipinski definition) is 3. The van der Waals surface area contributed by atoms with Gasteiger partial charge < -0.3 is 4.98 Å². The van der Waals surface area contributed by atoms with Crippen LogP contribution in [0.5, 0.6) is 0 Å². The van der Waals surface area contributed by atoms with Crippen molar-refractivity contribution in [1.29, 1.82) is 0 Å². The maximum absolute atomic E-state index is 12.6. The predicted molar refractivity (Wildman–Crippen MR) is 82.1 cm³/mol. The molecular formula is C14H12N2OS2. The highest BCUT2D eigenvalue weighted by Crippen LogP contribution is 2.19. The Balaban J connectivity index is 2.46. The quantitative estimate of drug-likeness (QED) is 0.693. The summed E-state index contributed by atoms with van der Waals surface area (Å²) in [5.74, 6) is 0. The molecule has 0 aliphatic carbocycles. The molecule has 2 heterocycles. The summed E-state index contributed by atoms with van der Waals surface area (Å²) in [6, 6.07) is 7.77. The molecule has 19 heavy (non-hydrogen) atoms. The van der Waals surface area contributed by atoms with E-state index in [4.69, 9.17) is 12.2 Å². The Bertz CT molecular complexity index is 886. The second-order valence-electron chi connectivity index (χ2n) is 4.45. The second kappa shape index (κ2) is 4.43. The molecule has 1 N–H and O–H groups in total. The standard InChI is InChI=1S/C14H12N2OS2/c1-8-4-3-5-11(9(8)2)16-13(17)12-10(6-7-19-12)15-14(16)18/h3-7H,1-2H3,(H,15,18). The van der Waals surface area contributed by atoms with Crippen LogP contribution < -0.4 is 5.56 Å². The van der Waals surface area contributed by atoms with Crippen molar-refractivity contribution in [2.75, 3.05) is 0 Å². The van der Waals surface area contributed by atoms with Gasteiger partial charge in [-0.2, -0.15) is 0 Å². The van der Waals surface area contributed by atoms with E-state index in [2.05, 4.69) is 4.98 Å². The first-order valence-electron chi connectivity index (χ1n) is 5.88. The molecule has 0 spiro atoms. The molecule has 0 radical (unpaired) electrons. The van der Waals surface area contributed by atoms with Crippen LogP contribution in [0.1, 0.15) is 11.1 Å². The average Bonchev–Trinajstić information content (AvgIpc) is 2.82. The van der Waals surface area contributed by atoms with E-state index in [9.17, 15) is 4.79 Å². The lowest BCUT2D eigenvalue weighted by molar-refractivity contribution is 0.931. The van der Waals surface area contributed by atoms with Crippen LogP contribution in [0.3, 0.4) is 0 Å². The van der Waals surface area contributed by atoms with Gasteiger partial charge >= 0.3 is 0 Å². The molecule has 0 unspecified atom stereocenters. The molecule has 0 atom stereocenters. The molecule has 0 amide bonds. The van der Waals surface area contributed by atoms with Crippen molar-refractivity contribution in [2.45, 2.75) is 13.8 Å². The van der Waals surface area contributed by atoms with Gasteiger partial charge in [-0.1, -0.05) is 12.1 Å². The zero-order chi connectivity index (χ0) is 13.6. The molecule has 1 aromatic carbocycles. The number of aromatic nitrogens is 2. The van der Waals surface area contributed by atoms with Crippen molar-refractivity contribution in [3.05, 3.63) is 55.9 Å². The summed E-state index contributed by atoms with van der Waals surface area (Å²) in [6.07, 6.45) is 0. The fourth-order valence-electron chi connectivity index (χ4n) is 2.13. The fraction of sp³-hybridized carbons (Fsp3) is 0.143. The Morgan fingerprint density at radius 1 is 1.26 bits per heavy atom. The first kappa shape index (κ1) is 12.3. The number of nitrogens with one attached hydrogen (secondary N) is 1. The number of H-pyrrole nitrogens is 1. The highest BCUT2D eigenvalue weighted by molar-refractivity contribution is 7.71. The maximum Gasteiger partial charge on any atom is 0.276 e. The van der Waals surface area contributed by atoms with Gasteiger partial charge in [-0.3, -0.25) is 9.36 Å². The van der Waals surface area contributed by atoms with E-state index < -0.39 is 0 Å². The van der Waals surface area contributed by atoms with Crippen molar-refractivity contribution in [2.24, 2.45) is 0 Å². The Kier molecular flexibility index (Phi) is 2.88. The minimum absolute atomic E-state index is 0.0533. The summed E-state index contributed by atoms with van der Waals surface area (Å²) in [5.41, 5.74) is 3.82. The molecule has 0 saturated carbocycles. The van der Waals surface area contributed by atoms with E-state index >= 15 is 0 Å². The molecule has 3 aromatic rings. The van der Waals surface area contributed by atoms with Crippen LogP contribution in [0.15, 0.2) is 34.4 Å².